The molecule has 1 aliphatic heterocycles. The van der Waals surface area contributed by atoms with Crippen molar-refractivity contribution in [3.8, 4) is 0 Å². The van der Waals surface area contributed by atoms with Crippen molar-refractivity contribution in [1.82, 2.24) is 0 Å². The number of anilines is 1. The van der Waals surface area contributed by atoms with Crippen molar-refractivity contribution < 1.29 is 5.11 Å². The van der Waals surface area contributed by atoms with Gasteiger partial charge in [0.2, 0.25) is 0 Å². The van der Waals surface area contributed by atoms with E-state index in [0.717, 1.165) is 25.1 Å². The minimum absolute atomic E-state index is 0.0407. The van der Waals surface area contributed by atoms with Crippen LogP contribution in [0.25, 0.3) is 0 Å². The topological polar surface area (TPSA) is 49.5 Å². The molecule has 0 saturated carbocycles. The van der Waals surface area contributed by atoms with Gasteiger partial charge in [-0.15, -0.1) is 0 Å². The summed E-state index contributed by atoms with van der Waals surface area (Å²) in [4.78, 5) is 2.21. The molecule has 1 aromatic rings. The number of para-hydroxylation sites is 1. The van der Waals surface area contributed by atoms with Crippen LogP contribution in [0.15, 0.2) is 24.3 Å². The minimum Gasteiger partial charge on any atom is -0.391 e. The summed E-state index contributed by atoms with van der Waals surface area (Å²) in [6, 6.07) is 8.21. The average molecular weight is 206 g/mol. The smallest absolute Gasteiger partial charge is 0.0731 e. The first-order chi connectivity index (χ1) is 7.18. The van der Waals surface area contributed by atoms with Gasteiger partial charge in [-0.2, -0.15) is 0 Å². The zero-order valence-corrected chi connectivity index (χ0v) is 9.06. The fourth-order valence-corrected chi connectivity index (χ4v) is 2.12. The van der Waals surface area contributed by atoms with Gasteiger partial charge in [0.1, 0.15) is 0 Å². The largest absolute Gasteiger partial charge is 0.391 e. The molecule has 1 aromatic carbocycles. The van der Waals surface area contributed by atoms with Gasteiger partial charge >= 0.3 is 0 Å². The van der Waals surface area contributed by atoms with E-state index in [-0.39, 0.29) is 12.1 Å². The molecule has 0 amide bonds. The lowest BCUT2D eigenvalue weighted by Gasteiger charge is -2.23. The molecule has 0 aliphatic carbocycles. The number of nitrogens with zero attached hydrogens (tertiary/aromatic N) is 1. The predicted octanol–water partition coefficient (Wildman–Crippen LogP) is 1.28. The molecule has 2 atom stereocenters. The summed E-state index contributed by atoms with van der Waals surface area (Å²) in [5.74, 6) is 0. The third kappa shape index (κ3) is 2.13. The number of benzene rings is 1. The summed E-state index contributed by atoms with van der Waals surface area (Å²) in [6.45, 7) is 3.64. The number of nitrogens with two attached hydrogens (primary N) is 1. The number of hydrogen-bond acceptors (Lipinski definition) is 3. The SMILES string of the molecule is CC(N)c1ccccc1N1CCC(O)C1. The average Bonchev–Trinajstić information content (AvgIpc) is 2.65. The molecule has 1 heterocycles. The Morgan fingerprint density at radius 2 is 2.20 bits per heavy atom. The zero-order valence-electron chi connectivity index (χ0n) is 9.06. The minimum atomic E-state index is -0.189. The van der Waals surface area contributed by atoms with Gasteiger partial charge in [-0.3, -0.25) is 0 Å². The van der Waals surface area contributed by atoms with E-state index >= 15 is 0 Å². The van der Waals surface area contributed by atoms with Crippen LogP contribution in [0.2, 0.25) is 0 Å². The fraction of sp³-hybridized carbons (Fsp3) is 0.500. The molecular formula is C12H18N2O. The van der Waals surface area contributed by atoms with Gasteiger partial charge in [0, 0.05) is 24.8 Å². The lowest BCUT2D eigenvalue weighted by molar-refractivity contribution is 0.198. The van der Waals surface area contributed by atoms with Gasteiger partial charge in [0.15, 0.2) is 0 Å². The summed E-state index contributed by atoms with van der Waals surface area (Å²) in [6.07, 6.45) is 0.666. The number of β-amino-alcohol motifs (C(OH)–C–C–N with tert-alkyl or cyclic N) is 1. The maximum atomic E-state index is 9.52. The molecule has 2 unspecified atom stereocenters. The van der Waals surface area contributed by atoms with E-state index in [1.807, 2.05) is 19.1 Å². The van der Waals surface area contributed by atoms with Crippen molar-refractivity contribution in [2.75, 3.05) is 18.0 Å². The van der Waals surface area contributed by atoms with Gasteiger partial charge in [-0.25, -0.2) is 0 Å². The molecule has 0 aromatic heterocycles. The monoisotopic (exact) mass is 206 g/mol. The Labute approximate surface area is 90.5 Å². The highest BCUT2D eigenvalue weighted by Crippen LogP contribution is 2.27. The van der Waals surface area contributed by atoms with Crippen molar-refractivity contribution in [2.45, 2.75) is 25.5 Å². The molecule has 0 radical (unpaired) electrons. The number of aliphatic hydroxyl groups excluding tert-OH is 1. The first-order valence-corrected chi connectivity index (χ1v) is 5.46. The second-order valence-corrected chi connectivity index (χ2v) is 4.24. The lowest BCUT2D eigenvalue weighted by atomic mass is 10.1. The first-order valence-electron chi connectivity index (χ1n) is 5.46. The number of rotatable bonds is 2. The molecule has 3 N–H and O–H groups in total. The van der Waals surface area contributed by atoms with Crippen LogP contribution < -0.4 is 10.6 Å². The Morgan fingerprint density at radius 1 is 1.47 bits per heavy atom. The quantitative estimate of drug-likeness (QED) is 0.766. The van der Waals surface area contributed by atoms with Gasteiger partial charge in [0.05, 0.1) is 6.10 Å². The van der Waals surface area contributed by atoms with Crippen molar-refractivity contribution in [3.05, 3.63) is 29.8 Å². The molecule has 0 bridgehead atoms. The van der Waals surface area contributed by atoms with Gasteiger partial charge in [-0.05, 0) is 25.0 Å². The lowest BCUT2D eigenvalue weighted by Crippen LogP contribution is -2.23. The summed E-state index contributed by atoms with van der Waals surface area (Å²) in [5.41, 5.74) is 8.26. The summed E-state index contributed by atoms with van der Waals surface area (Å²) < 4.78 is 0. The third-order valence-electron chi connectivity index (χ3n) is 2.93. The number of hydrogen-bond donors (Lipinski definition) is 2. The molecule has 1 aliphatic rings. The first kappa shape index (κ1) is 10.5. The molecular weight excluding hydrogens is 188 g/mol. The zero-order chi connectivity index (χ0) is 10.8. The molecule has 1 saturated heterocycles. The molecule has 0 spiro atoms. The summed E-state index contributed by atoms with van der Waals surface area (Å²) >= 11 is 0. The van der Waals surface area contributed by atoms with Crippen molar-refractivity contribution >= 4 is 5.69 Å². The van der Waals surface area contributed by atoms with E-state index in [2.05, 4.69) is 17.0 Å². The van der Waals surface area contributed by atoms with Crippen LogP contribution >= 0.6 is 0 Å². The Morgan fingerprint density at radius 3 is 2.80 bits per heavy atom. The van der Waals surface area contributed by atoms with Crippen LogP contribution in [0, 0.1) is 0 Å². The Hall–Kier alpha value is -1.06. The predicted molar refractivity (Wildman–Crippen MR) is 61.9 cm³/mol. The summed E-state index contributed by atoms with van der Waals surface area (Å²) in [7, 11) is 0. The van der Waals surface area contributed by atoms with Crippen molar-refractivity contribution in [3.63, 3.8) is 0 Å². The van der Waals surface area contributed by atoms with E-state index in [4.69, 9.17) is 5.73 Å². The number of aliphatic hydroxyl groups is 1. The van der Waals surface area contributed by atoms with Gasteiger partial charge in [-0.1, -0.05) is 18.2 Å². The maximum Gasteiger partial charge on any atom is 0.0731 e. The van der Waals surface area contributed by atoms with Crippen molar-refractivity contribution in [2.24, 2.45) is 5.73 Å². The molecule has 3 heteroatoms. The highest BCUT2D eigenvalue weighted by molar-refractivity contribution is 5.55. The highest BCUT2D eigenvalue weighted by atomic mass is 16.3. The molecule has 2 rings (SSSR count). The van der Waals surface area contributed by atoms with E-state index in [0.29, 0.717) is 0 Å². The van der Waals surface area contributed by atoms with E-state index in [1.54, 1.807) is 0 Å². The Kier molecular flexibility index (Phi) is 2.93. The third-order valence-corrected chi connectivity index (χ3v) is 2.93. The summed E-state index contributed by atoms with van der Waals surface area (Å²) in [5, 5.41) is 9.52. The Balaban J connectivity index is 2.27. The standard InChI is InChI=1S/C12H18N2O/c1-9(13)11-4-2-3-5-12(11)14-7-6-10(15)8-14/h2-5,9-10,15H,6-8,13H2,1H3. The van der Waals surface area contributed by atoms with Gasteiger partial charge < -0.3 is 15.7 Å². The van der Waals surface area contributed by atoms with E-state index < -0.39 is 0 Å². The second kappa shape index (κ2) is 4.21. The maximum absolute atomic E-state index is 9.52. The van der Waals surface area contributed by atoms with Gasteiger partial charge in [0.25, 0.3) is 0 Å². The van der Waals surface area contributed by atoms with Crippen LogP contribution in [0.5, 0.6) is 0 Å². The van der Waals surface area contributed by atoms with Crippen LogP contribution in [-0.4, -0.2) is 24.3 Å². The van der Waals surface area contributed by atoms with Crippen LogP contribution in [0.4, 0.5) is 5.69 Å². The van der Waals surface area contributed by atoms with Crippen molar-refractivity contribution in [1.29, 1.82) is 0 Å². The fourth-order valence-electron chi connectivity index (χ4n) is 2.12. The van der Waals surface area contributed by atoms with E-state index in [1.165, 1.54) is 5.69 Å². The molecule has 3 nitrogen and oxygen atoms in total. The van der Waals surface area contributed by atoms with Crippen LogP contribution in [0.1, 0.15) is 24.9 Å². The Bertz CT molecular complexity index is 338. The molecule has 15 heavy (non-hydrogen) atoms. The normalized spacial score (nSPS) is 23.1. The van der Waals surface area contributed by atoms with Crippen LogP contribution in [0.3, 0.4) is 0 Å². The highest BCUT2D eigenvalue weighted by Gasteiger charge is 2.22. The second-order valence-electron chi connectivity index (χ2n) is 4.24. The van der Waals surface area contributed by atoms with E-state index in [9.17, 15) is 5.11 Å². The molecule has 82 valence electrons. The molecule has 1 fully saturated rings. The van der Waals surface area contributed by atoms with Crippen LogP contribution in [-0.2, 0) is 0 Å².